The first-order chi connectivity index (χ1) is 8.13. The van der Waals surface area contributed by atoms with Crippen LogP contribution in [0.4, 0.5) is 0 Å². The molecule has 6 heteroatoms. The summed E-state index contributed by atoms with van der Waals surface area (Å²) in [7, 11) is 5.99. The molecule has 4 nitrogen and oxygen atoms in total. The summed E-state index contributed by atoms with van der Waals surface area (Å²) in [5, 5.41) is 0. The van der Waals surface area contributed by atoms with E-state index in [0.717, 1.165) is 22.3 Å². The van der Waals surface area contributed by atoms with E-state index in [4.69, 9.17) is 4.74 Å². The monoisotopic (exact) mass is 319 g/mol. The van der Waals surface area contributed by atoms with E-state index in [1.54, 1.807) is 6.20 Å². The summed E-state index contributed by atoms with van der Waals surface area (Å²) < 4.78 is 9.66. The minimum absolute atomic E-state index is 0.685. The van der Waals surface area contributed by atoms with Crippen LogP contribution in [0.3, 0.4) is 0 Å². The maximum Gasteiger partial charge on any atom is 0.228 e. The van der Waals surface area contributed by atoms with Crippen LogP contribution in [0.25, 0.3) is 0 Å². The fourth-order valence-corrected chi connectivity index (χ4v) is 2.34. The molecule has 0 aliphatic heterocycles. The van der Waals surface area contributed by atoms with Gasteiger partial charge in [-0.3, -0.25) is 4.72 Å². The van der Waals surface area contributed by atoms with Crippen LogP contribution in [0.1, 0.15) is 6.42 Å². The van der Waals surface area contributed by atoms with E-state index >= 15 is 0 Å². The zero-order valence-electron chi connectivity index (χ0n) is 10.4. The Morgan fingerprint density at radius 3 is 2.94 bits per heavy atom. The van der Waals surface area contributed by atoms with Crippen molar-refractivity contribution in [2.24, 2.45) is 0 Å². The topological polar surface area (TPSA) is 37.4 Å². The maximum atomic E-state index is 5.68. The number of nitrogens with zero attached hydrogens (tertiary/aromatic N) is 2. The third-order valence-corrected chi connectivity index (χ3v) is 3.14. The average Bonchev–Trinajstić information content (AvgIpc) is 2.27. The number of hydrogen-bond donors (Lipinski definition) is 1. The fraction of sp³-hybridized carbons (Fsp3) is 0.545. The van der Waals surface area contributed by atoms with Gasteiger partial charge in [-0.05, 0) is 61.5 Å². The van der Waals surface area contributed by atoms with Gasteiger partial charge in [0.05, 0.1) is 11.5 Å². The maximum absolute atomic E-state index is 5.68. The molecule has 0 amide bonds. The van der Waals surface area contributed by atoms with Crippen LogP contribution in [0.5, 0.6) is 5.88 Å². The smallest absolute Gasteiger partial charge is 0.228 e. The highest BCUT2D eigenvalue weighted by Crippen LogP contribution is 2.27. The number of aromatic nitrogens is 1. The number of halogens is 1. The summed E-state index contributed by atoms with van der Waals surface area (Å²) in [6, 6.07) is 2.00. The molecular weight excluding hydrogens is 302 g/mol. The summed E-state index contributed by atoms with van der Waals surface area (Å²) in [5.41, 5.74) is 0. The van der Waals surface area contributed by atoms with Crippen LogP contribution >= 0.6 is 27.9 Å². The van der Waals surface area contributed by atoms with Gasteiger partial charge in [0.2, 0.25) is 5.88 Å². The number of nitrogens with one attached hydrogen (secondary N) is 1. The summed E-state index contributed by atoms with van der Waals surface area (Å²) in [6.45, 7) is 1.70. The Hall–Kier alpha value is -0.300. The molecule has 0 saturated carbocycles. The summed E-state index contributed by atoms with van der Waals surface area (Å²) in [4.78, 5) is 7.40. The lowest BCUT2D eigenvalue weighted by atomic mass is 10.4. The van der Waals surface area contributed by atoms with Gasteiger partial charge in [0.25, 0.3) is 0 Å². The lowest BCUT2D eigenvalue weighted by Crippen LogP contribution is -2.15. The molecule has 0 unspecified atom stereocenters. The first-order valence-electron chi connectivity index (χ1n) is 5.40. The lowest BCUT2D eigenvalue weighted by molar-refractivity contribution is 0.267. The second-order valence-electron chi connectivity index (χ2n) is 3.77. The van der Waals surface area contributed by atoms with E-state index in [1.807, 2.05) is 13.1 Å². The molecule has 0 aromatic carbocycles. The predicted molar refractivity (Wildman–Crippen MR) is 75.5 cm³/mol. The first-order valence-corrected chi connectivity index (χ1v) is 7.01. The number of ether oxygens (including phenoxy) is 1. The summed E-state index contributed by atoms with van der Waals surface area (Å²) >= 11 is 4.90. The molecule has 1 aromatic heterocycles. The van der Waals surface area contributed by atoms with Gasteiger partial charge in [-0.1, -0.05) is 0 Å². The molecule has 0 saturated heterocycles. The molecule has 17 heavy (non-hydrogen) atoms. The van der Waals surface area contributed by atoms with E-state index < -0.39 is 0 Å². The van der Waals surface area contributed by atoms with Gasteiger partial charge >= 0.3 is 0 Å². The Bertz CT molecular complexity index is 349. The van der Waals surface area contributed by atoms with Crippen molar-refractivity contribution in [3.63, 3.8) is 0 Å². The molecular formula is C11H18BrN3OS. The molecule has 1 aromatic rings. The van der Waals surface area contributed by atoms with E-state index in [2.05, 4.69) is 44.6 Å². The summed E-state index contributed by atoms with van der Waals surface area (Å²) in [5.74, 6) is 0.686. The highest BCUT2D eigenvalue weighted by Gasteiger charge is 2.06. The third kappa shape index (κ3) is 5.72. The molecule has 1 N–H and O–H groups in total. The van der Waals surface area contributed by atoms with Crippen molar-refractivity contribution in [3.05, 3.63) is 16.7 Å². The Morgan fingerprint density at radius 2 is 2.29 bits per heavy atom. The van der Waals surface area contributed by atoms with Crippen molar-refractivity contribution in [2.75, 3.05) is 34.3 Å². The Morgan fingerprint density at radius 1 is 1.53 bits per heavy atom. The largest absolute Gasteiger partial charge is 0.477 e. The highest BCUT2D eigenvalue weighted by molar-refractivity contribution is 9.10. The Kier molecular flexibility index (Phi) is 6.87. The van der Waals surface area contributed by atoms with Gasteiger partial charge in [-0.25, -0.2) is 4.98 Å². The van der Waals surface area contributed by atoms with Gasteiger partial charge < -0.3 is 9.64 Å². The van der Waals surface area contributed by atoms with E-state index in [9.17, 15) is 0 Å². The zero-order valence-corrected chi connectivity index (χ0v) is 12.8. The van der Waals surface area contributed by atoms with Crippen LogP contribution < -0.4 is 9.46 Å². The SMILES string of the molecule is CNSc1cc(Br)cnc1OCCCN(C)C. The standard InChI is InChI=1S/C11H18BrN3OS/c1-13-17-10-7-9(12)8-14-11(10)16-6-4-5-15(2)3/h7-8,13H,4-6H2,1-3H3. The fourth-order valence-electron chi connectivity index (χ4n) is 1.25. The van der Waals surface area contributed by atoms with Gasteiger partial charge in [-0.2, -0.15) is 0 Å². The van der Waals surface area contributed by atoms with Gasteiger partial charge in [-0.15, -0.1) is 0 Å². The van der Waals surface area contributed by atoms with E-state index in [-0.39, 0.29) is 0 Å². The number of hydrogen-bond acceptors (Lipinski definition) is 5. The second-order valence-corrected chi connectivity index (χ2v) is 5.74. The van der Waals surface area contributed by atoms with Crippen LogP contribution in [0.15, 0.2) is 21.6 Å². The predicted octanol–water partition coefficient (Wildman–Crippen LogP) is 2.40. The van der Waals surface area contributed by atoms with Gasteiger partial charge in [0, 0.05) is 17.2 Å². The normalized spacial score (nSPS) is 10.9. The first kappa shape index (κ1) is 14.8. The second kappa shape index (κ2) is 7.92. The highest BCUT2D eigenvalue weighted by atomic mass is 79.9. The van der Waals surface area contributed by atoms with Crippen LogP contribution in [-0.2, 0) is 0 Å². The van der Waals surface area contributed by atoms with Crippen LogP contribution in [-0.4, -0.2) is 44.2 Å². The van der Waals surface area contributed by atoms with Crippen molar-refractivity contribution in [1.29, 1.82) is 0 Å². The third-order valence-electron chi connectivity index (χ3n) is 1.99. The van der Waals surface area contributed by atoms with Crippen molar-refractivity contribution in [2.45, 2.75) is 11.3 Å². The molecule has 96 valence electrons. The quantitative estimate of drug-likeness (QED) is 0.617. The van der Waals surface area contributed by atoms with Crippen molar-refractivity contribution in [1.82, 2.24) is 14.6 Å². The minimum atomic E-state index is 0.685. The van der Waals surface area contributed by atoms with E-state index in [0.29, 0.717) is 12.5 Å². The van der Waals surface area contributed by atoms with Crippen molar-refractivity contribution < 1.29 is 4.74 Å². The summed E-state index contributed by atoms with van der Waals surface area (Å²) in [6.07, 6.45) is 2.75. The van der Waals surface area contributed by atoms with Crippen LogP contribution in [0.2, 0.25) is 0 Å². The molecule has 0 spiro atoms. The Labute approximate surface area is 115 Å². The van der Waals surface area contributed by atoms with Crippen LogP contribution in [0, 0.1) is 0 Å². The molecule has 0 radical (unpaired) electrons. The molecule has 0 bridgehead atoms. The van der Waals surface area contributed by atoms with E-state index in [1.165, 1.54) is 11.9 Å². The molecule has 0 aliphatic carbocycles. The average molecular weight is 320 g/mol. The zero-order chi connectivity index (χ0) is 12.7. The Balaban J connectivity index is 2.51. The number of rotatable bonds is 7. The molecule has 0 aliphatic rings. The lowest BCUT2D eigenvalue weighted by Gasteiger charge is -2.12. The van der Waals surface area contributed by atoms with Crippen molar-refractivity contribution >= 4 is 27.9 Å². The molecule has 1 rings (SSSR count). The van der Waals surface area contributed by atoms with Crippen molar-refractivity contribution in [3.8, 4) is 5.88 Å². The van der Waals surface area contributed by atoms with Gasteiger partial charge in [0.1, 0.15) is 0 Å². The molecule has 1 heterocycles. The van der Waals surface area contributed by atoms with Gasteiger partial charge in [0.15, 0.2) is 0 Å². The molecule has 0 atom stereocenters. The molecule has 0 fully saturated rings. The number of pyridine rings is 1. The minimum Gasteiger partial charge on any atom is -0.477 e.